The number of aromatic nitrogens is 2. The van der Waals surface area contributed by atoms with Gasteiger partial charge >= 0.3 is 0 Å². The van der Waals surface area contributed by atoms with Crippen molar-refractivity contribution in [2.75, 3.05) is 12.4 Å². The van der Waals surface area contributed by atoms with Gasteiger partial charge in [-0.25, -0.2) is 0 Å². The Hall–Kier alpha value is -2.93. The normalized spacial score (nSPS) is 18.3. The van der Waals surface area contributed by atoms with E-state index < -0.39 is 0 Å². The van der Waals surface area contributed by atoms with Gasteiger partial charge in [0, 0.05) is 11.3 Å². The summed E-state index contributed by atoms with van der Waals surface area (Å²) in [5, 5.41) is 9.94. The zero-order valence-corrected chi connectivity index (χ0v) is 18.3. The quantitative estimate of drug-likeness (QED) is 0.618. The van der Waals surface area contributed by atoms with Gasteiger partial charge in [-0.2, -0.15) is 5.10 Å². The van der Waals surface area contributed by atoms with E-state index in [1.807, 2.05) is 32.0 Å². The largest absolute Gasteiger partial charge is 0.493 e. The first-order valence-corrected chi connectivity index (χ1v) is 10.8. The number of methoxy groups -OCH3 is 1. The second-order valence-corrected chi connectivity index (χ2v) is 8.89. The van der Waals surface area contributed by atoms with Crippen LogP contribution in [0.15, 0.2) is 42.5 Å². The lowest BCUT2D eigenvalue weighted by Gasteiger charge is -2.19. The number of H-pyrrole nitrogens is 1. The third kappa shape index (κ3) is 4.03. The van der Waals surface area contributed by atoms with E-state index in [2.05, 4.69) is 46.7 Å². The molecule has 0 radical (unpaired) electrons. The first-order chi connectivity index (χ1) is 14.5. The molecule has 0 bridgehead atoms. The molecular formula is C23H25N3O3S. The van der Waals surface area contributed by atoms with Gasteiger partial charge in [-0.1, -0.05) is 35.9 Å². The Morgan fingerprint density at radius 3 is 2.60 bits per heavy atom. The van der Waals surface area contributed by atoms with Crippen molar-refractivity contribution in [3.8, 4) is 11.5 Å². The van der Waals surface area contributed by atoms with E-state index in [4.69, 9.17) is 9.47 Å². The first kappa shape index (κ1) is 20.3. The van der Waals surface area contributed by atoms with Gasteiger partial charge < -0.3 is 14.8 Å². The van der Waals surface area contributed by atoms with Crippen molar-refractivity contribution in [2.24, 2.45) is 0 Å². The molecular weight excluding hydrogens is 398 g/mol. The number of fused-ring (bicyclic) bond motifs is 1. The van der Waals surface area contributed by atoms with Crippen LogP contribution in [0.25, 0.3) is 0 Å². The SMILES string of the molecule is COc1cc([C@H]2S[C@@H](C)C(=O)Nc3n[nH]c(C)c32)ccc1OCc1ccc(C)cc1. The van der Waals surface area contributed by atoms with E-state index in [0.29, 0.717) is 23.9 Å². The van der Waals surface area contributed by atoms with Gasteiger partial charge in [0.15, 0.2) is 17.3 Å². The summed E-state index contributed by atoms with van der Waals surface area (Å²) in [6.07, 6.45) is 0. The monoisotopic (exact) mass is 423 g/mol. The predicted molar refractivity (Wildman–Crippen MR) is 119 cm³/mol. The highest BCUT2D eigenvalue weighted by atomic mass is 32.2. The van der Waals surface area contributed by atoms with Gasteiger partial charge in [0.05, 0.1) is 17.6 Å². The first-order valence-electron chi connectivity index (χ1n) is 9.83. The van der Waals surface area contributed by atoms with E-state index in [-0.39, 0.29) is 16.4 Å². The van der Waals surface area contributed by atoms with Gasteiger partial charge in [0.2, 0.25) is 5.91 Å². The summed E-state index contributed by atoms with van der Waals surface area (Å²) in [5.74, 6) is 1.91. The number of benzene rings is 2. The van der Waals surface area contributed by atoms with Crippen molar-refractivity contribution in [1.82, 2.24) is 10.2 Å². The lowest BCUT2D eigenvalue weighted by atomic mass is 10.0. The van der Waals surface area contributed by atoms with Crippen molar-refractivity contribution >= 4 is 23.5 Å². The molecule has 2 aromatic carbocycles. The van der Waals surface area contributed by atoms with E-state index in [0.717, 1.165) is 22.4 Å². The number of hydrogen-bond acceptors (Lipinski definition) is 5. The van der Waals surface area contributed by atoms with Crippen LogP contribution in [0.5, 0.6) is 11.5 Å². The maximum Gasteiger partial charge on any atom is 0.238 e. The molecule has 1 aliphatic heterocycles. The minimum absolute atomic E-state index is 0.0414. The number of hydrogen-bond donors (Lipinski definition) is 2. The van der Waals surface area contributed by atoms with Gasteiger partial charge in [-0.15, -0.1) is 11.8 Å². The maximum atomic E-state index is 12.4. The Morgan fingerprint density at radius 2 is 1.87 bits per heavy atom. The fraction of sp³-hybridized carbons (Fsp3) is 0.304. The molecule has 4 rings (SSSR count). The summed E-state index contributed by atoms with van der Waals surface area (Å²) in [4.78, 5) is 12.4. The Bertz CT molecular complexity index is 1060. The molecule has 156 valence electrons. The third-order valence-electron chi connectivity index (χ3n) is 5.21. The van der Waals surface area contributed by atoms with E-state index >= 15 is 0 Å². The molecule has 1 amide bonds. The number of thioether (sulfide) groups is 1. The minimum Gasteiger partial charge on any atom is -0.493 e. The number of carbonyl (C=O) groups excluding carboxylic acids is 1. The van der Waals surface area contributed by atoms with Crippen LogP contribution in [-0.4, -0.2) is 28.5 Å². The smallest absolute Gasteiger partial charge is 0.238 e. The highest BCUT2D eigenvalue weighted by molar-refractivity contribution is 8.01. The molecule has 0 saturated heterocycles. The summed E-state index contributed by atoms with van der Waals surface area (Å²) in [7, 11) is 1.64. The molecule has 2 heterocycles. The molecule has 7 heteroatoms. The molecule has 0 fully saturated rings. The lowest BCUT2D eigenvalue weighted by molar-refractivity contribution is -0.115. The number of anilines is 1. The van der Waals surface area contributed by atoms with Crippen LogP contribution in [0, 0.1) is 13.8 Å². The minimum atomic E-state index is -0.202. The molecule has 3 aromatic rings. The second kappa shape index (κ2) is 8.44. The van der Waals surface area contributed by atoms with Crippen LogP contribution >= 0.6 is 11.8 Å². The summed E-state index contributed by atoms with van der Waals surface area (Å²) in [6, 6.07) is 14.2. The van der Waals surface area contributed by atoms with Gasteiger partial charge in [0.25, 0.3) is 0 Å². The molecule has 1 aliphatic rings. The average molecular weight is 424 g/mol. The van der Waals surface area contributed by atoms with Crippen LogP contribution in [0.4, 0.5) is 5.82 Å². The highest BCUT2D eigenvalue weighted by Gasteiger charge is 2.32. The van der Waals surface area contributed by atoms with Gasteiger partial charge in [-0.05, 0) is 44.0 Å². The number of aryl methyl sites for hydroxylation is 2. The number of carbonyl (C=O) groups is 1. The Kier molecular flexibility index (Phi) is 5.72. The number of nitrogens with one attached hydrogen (secondary N) is 2. The zero-order chi connectivity index (χ0) is 21.3. The maximum absolute atomic E-state index is 12.4. The highest BCUT2D eigenvalue weighted by Crippen LogP contribution is 2.46. The van der Waals surface area contributed by atoms with E-state index in [1.165, 1.54) is 5.56 Å². The molecule has 0 aliphatic carbocycles. The molecule has 6 nitrogen and oxygen atoms in total. The fourth-order valence-corrected chi connectivity index (χ4v) is 4.78. The Morgan fingerprint density at radius 1 is 1.10 bits per heavy atom. The molecule has 2 N–H and O–H groups in total. The number of ether oxygens (including phenoxy) is 2. The molecule has 1 aromatic heterocycles. The van der Waals surface area contributed by atoms with E-state index in [9.17, 15) is 4.79 Å². The summed E-state index contributed by atoms with van der Waals surface area (Å²) >= 11 is 1.60. The Balaban J connectivity index is 1.62. The summed E-state index contributed by atoms with van der Waals surface area (Å²) < 4.78 is 11.6. The van der Waals surface area contributed by atoms with Crippen LogP contribution in [0.2, 0.25) is 0 Å². The van der Waals surface area contributed by atoms with Crippen LogP contribution in [-0.2, 0) is 11.4 Å². The van der Waals surface area contributed by atoms with Crippen molar-refractivity contribution < 1.29 is 14.3 Å². The Labute approximate surface area is 180 Å². The molecule has 30 heavy (non-hydrogen) atoms. The van der Waals surface area contributed by atoms with Crippen LogP contribution < -0.4 is 14.8 Å². The number of nitrogens with zero attached hydrogens (tertiary/aromatic N) is 1. The standard InChI is InChI=1S/C23H25N3O3S/c1-13-5-7-16(8-6-13)12-29-18-10-9-17(11-19(18)28-4)21-20-14(2)25-26-22(20)24-23(27)15(3)30-21/h5-11,15,21H,12H2,1-4H3,(H2,24,25,26,27)/t15-,21+/m0/s1. The number of rotatable bonds is 5. The van der Waals surface area contributed by atoms with Crippen molar-refractivity contribution in [1.29, 1.82) is 0 Å². The number of amides is 1. The second-order valence-electron chi connectivity index (χ2n) is 7.44. The van der Waals surface area contributed by atoms with Gasteiger partial charge in [0.1, 0.15) is 6.61 Å². The number of aromatic amines is 1. The van der Waals surface area contributed by atoms with E-state index in [1.54, 1.807) is 18.9 Å². The molecule has 0 saturated carbocycles. The zero-order valence-electron chi connectivity index (χ0n) is 17.5. The van der Waals surface area contributed by atoms with Gasteiger partial charge in [-0.3, -0.25) is 9.89 Å². The van der Waals surface area contributed by atoms with Crippen LogP contribution in [0.1, 0.15) is 40.1 Å². The lowest BCUT2D eigenvalue weighted by Crippen LogP contribution is -2.21. The van der Waals surface area contributed by atoms with Crippen molar-refractivity contribution in [2.45, 2.75) is 37.9 Å². The topological polar surface area (TPSA) is 76.2 Å². The van der Waals surface area contributed by atoms with Crippen molar-refractivity contribution in [3.05, 3.63) is 70.4 Å². The summed E-state index contributed by atoms with van der Waals surface area (Å²) in [6.45, 7) is 6.41. The molecule has 0 unspecified atom stereocenters. The molecule has 0 spiro atoms. The summed E-state index contributed by atoms with van der Waals surface area (Å²) in [5.41, 5.74) is 5.29. The predicted octanol–water partition coefficient (Wildman–Crippen LogP) is 4.78. The van der Waals surface area contributed by atoms with Crippen LogP contribution in [0.3, 0.4) is 0 Å². The molecule has 2 atom stereocenters. The third-order valence-corrected chi connectivity index (χ3v) is 6.62. The van der Waals surface area contributed by atoms with Crippen molar-refractivity contribution in [3.63, 3.8) is 0 Å². The fourth-order valence-electron chi connectivity index (χ4n) is 3.46. The average Bonchev–Trinajstić information content (AvgIpc) is 3.04.